The van der Waals surface area contributed by atoms with Gasteiger partial charge in [0.15, 0.2) is 0 Å². The van der Waals surface area contributed by atoms with Crippen molar-refractivity contribution in [3.05, 3.63) is 71.3 Å². The van der Waals surface area contributed by atoms with Gasteiger partial charge >= 0.3 is 0 Å². The molecule has 2 aliphatic carbocycles. The molecule has 0 atom stereocenters. The molecular formula is C29H27ClN4O2. The number of fused-ring (bicyclic) bond motifs is 1. The van der Waals surface area contributed by atoms with E-state index in [9.17, 15) is 0 Å². The monoisotopic (exact) mass is 498 g/mol. The van der Waals surface area contributed by atoms with Crippen LogP contribution in [0.2, 0.25) is 5.02 Å². The topological polar surface area (TPSA) is 64.3 Å². The van der Waals surface area contributed by atoms with E-state index in [4.69, 9.17) is 20.9 Å². The summed E-state index contributed by atoms with van der Waals surface area (Å²) in [6.07, 6.45) is 14.6. The van der Waals surface area contributed by atoms with E-state index in [1.165, 1.54) is 31.4 Å². The molecule has 4 heterocycles. The molecule has 1 aliphatic heterocycles. The Morgan fingerprint density at radius 1 is 1.14 bits per heavy atom. The lowest BCUT2D eigenvalue weighted by Gasteiger charge is -2.59. The number of hydrogen-bond acceptors (Lipinski definition) is 6. The molecular weight excluding hydrogens is 472 g/mol. The first-order chi connectivity index (χ1) is 17.6. The lowest BCUT2D eigenvalue weighted by molar-refractivity contribution is 0.0486. The molecule has 182 valence electrons. The molecule has 36 heavy (non-hydrogen) atoms. The zero-order chi connectivity index (χ0) is 24.3. The molecule has 3 aromatic heterocycles. The second-order valence-electron chi connectivity index (χ2n) is 10.5. The molecule has 4 aromatic rings. The smallest absolute Gasteiger partial charge is 0.147 e. The number of benzene rings is 1. The summed E-state index contributed by atoms with van der Waals surface area (Å²) in [5, 5.41) is 6.07. The predicted molar refractivity (Wildman–Crippen MR) is 141 cm³/mol. The van der Waals surface area contributed by atoms with Crippen molar-refractivity contribution in [3.8, 4) is 17.0 Å². The van der Waals surface area contributed by atoms with Crippen LogP contribution in [0.5, 0.6) is 5.75 Å². The van der Waals surface area contributed by atoms with E-state index in [1.54, 1.807) is 25.7 Å². The number of rotatable bonds is 6. The number of methoxy groups -OCH3 is 1. The van der Waals surface area contributed by atoms with E-state index in [0.29, 0.717) is 22.3 Å². The molecule has 1 spiro atoms. The predicted octanol–water partition coefficient (Wildman–Crippen LogP) is 6.75. The molecule has 7 rings (SSSR count). The van der Waals surface area contributed by atoms with Gasteiger partial charge in [-0.05, 0) is 61.9 Å². The lowest BCUT2D eigenvalue weighted by Crippen LogP contribution is -2.62. The van der Waals surface area contributed by atoms with E-state index in [1.807, 2.05) is 12.1 Å². The van der Waals surface area contributed by atoms with Crippen molar-refractivity contribution in [1.29, 1.82) is 0 Å². The Kier molecular flexibility index (Phi) is 5.07. The van der Waals surface area contributed by atoms with Crippen LogP contribution in [-0.4, -0.2) is 35.3 Å². The van der Waals surface area contributed by atoms with E-state index < -0.39 is 0 Å². The van der Waals surface area contributed by atoms with Crippen LogP contribution in [0, 0.1) is 11.3 Å². The van der Waals surface area contributed by atoms with E-state index in [0.717, 1.165) is 52.3 Å². The molecule has 0 amide bonds. The Morgan fingerprint density at radius 2 is 2.00 bits per heavy atom. The molecule has 3 fully saturated rings. The van der Waals surface area contributed by atoms with Crippen molar-refractivity contribution in [2.24, 2.45) is 11.3 Å². The number of anilines is 1. The second kappa shape index (κ2) is 8.34. The first-order valence-electron chi connectivity index (χ1n) is 12.6. The fraction of sp³-hybridized carbons (Fsp3) is 0.345. The third-order valence-corrected chi connectivity index (χ3v) is 8.28. The van der Waals surface area contributed by atoms with Gasteiger partial charge in [-0.3, -0.25) is 9.97 Å². The minimum Gasteiger partial charge on any atom is -0.496 e. The summed E-state index contributed by atoms with van der Waals surface area (Å²) in [5.74, 6) is 2.93. The Labute approximate surface area is 214 Å². The van der Waals surface area contributed by atoms with E-state index in [-0.39, 0.29) is 0 Å². The van der Waals surface area contributed by atoms with Gasteiger partial charge in [-0.2, -0.15) is 0 Å². The molecule has 7 heteroatoms. The van der Waals surface area contributed by atoms with Crippen molar-refractivity contribution in [2.75, 3.05) is 25.1 Å². The number of aromatic nitrogens is 3. The Bertz CT molecular complexity index is 1480. The highest BCUT2D eigenvalue weighted by atomic mass is 35.5. The van der Waals surface area contributed by atoms with Crippen LogP contribution in [-0.2, 0) is 0 Å². The Balaban J connectivity index is 1.05. The SMILES string of the molecule is COc1ccnc2ccc(N3CC4(CC(/C=C/c5c(-c6ccncc6Cl)noc5C5CC5)C4)C3)cc12. The average molecular weight is 499 g/mol. The Hall–Kier alpha value is -3.38. The summed E-state index contributed by atoms with van der Waals surface area (Å²) in [4.78, 5) is 11.1. The molecule has 1 saturated heterocycles. The zero-order valence-corrected chi connectivity index (χ0v) is 20.9. The van der Waals surface area contributed by atoms with Gasteiger partial charge in [-0.1, -0.05) is 28.9 Å². The highest BCUT2D eigenvalue weighted by Crippen LogP contribution is 2.54. The first-order valence-corrected chi connectivity index (χ1v) is 13.0. The van der Waals surface area contributed by atoms with Gasteiger partial charge in [0.25, 0.3) is 0 Å². The minimum absolute atomic E-state index is 0.425. The number of nitrogens with zero attached hydrogens (tertiary/aromatic N) is 4. The maximum Gasteiger partial charge on any atom is 0.147 e. The molecule has 0 N–H and O–H groups in total. The number of halogens is 1. The van der Waals surface area contributed by atoms with Crippen molar-refractivity contribution >= 4 is 34.3 Å². The summed E-state index contributed by atoms with van der Waals surface area (Å²) in [6.45, 7) is 2.20. The standard InChI is InChI=1S/C29H27ClN4O2/c1-35-26-9-11-32-25-7-5-20(12-23(25)26)34-16-29(17-34)13-18(14-29)2-6-22-27(21-8-10-31-15-24(21)30)33-36-28(22)19-3-4-19/h2,5-12,15,18-19H,3-4,13-14,16-17H2,1H3/b6-2+. The van der Waals surface area contributed by atoms with Crippen LogP contribution in [0.3, 0.4) is 0 Å². The molecule has 1 aromatic carbocycles. The van der Waals surface area contributed by atoms with Gasteiger partial charge in [-0.25, -0.2) is 0 Å². The second-order valence-corrected chi connectivity index (χ2v) is 10.9. The number of pyridine rings is 2. The lowest BCUT2D eigenvalue weighted by atomic mass is 9.57. The summed E-state index contributed by atoms with van der Waals surface area (Å²) in [6, 6.07) is 10.3. The highest BCUT2D eigenvalue weighted by Gasteiger charge is 2.51. The average Bonchev–Trinajstić information content (AvgIpc) is 3.61. The largest absolute Gasteiger partial charge is 0.496 e. The molecule has 0 bridgehead atoms. The van der Waals surface area contributed by atoms with Crippen LogP contribution < -0.4 is 9.64 Å². The normalized spacial score (nSPS) is 19.1. The first kappa shape index (κ1) is 21.9. The van der Waals surface area contributed by atoms with Crippen molar-refractivity contribution < 1.29 is 9.26 Å². The van der Waals surface area contributed by atoms with Crippen LogP contribution in [0.1, 0.15) is 42.9 Å². The summed E-state index contributed by atoms with van der Waals surface area (Å²) in [5.41, 5.74) is 5.42. The van der Waals surface area contributed by atoms with E-state index >= 15 is 0 Å². The van der Waals surface area contributed by atoms with Gasteiger partial charge in [0.1, 0.15) is 17.2 Å². The van der Waals surface area contributed by atoms with Crippen molar-refractivity contribution in [2.45, 2.75) is 31.6 Å². The quantitative estimate of drug-likeness (QED) is 0.293. The van der Waals surface area contributed by atoms with Gasteiger partial charge in [-0.15, -0.1) is 0 Å². The maximum atomic E-state index is 6.43. The minimum atomic E-state index is 0.425. The fourth-order valence-electron chi connectivity index (χ4n) is 5.98. The Morgan fingerprint density at radius 3 is 2.78 bits per heavy atom. The molecule has 0 radical (unpaired) electrons. The van der Waals surface area contributed by atoms with Gasteiger partial charge < -0.3 is 14.2 Å². The summed E-state index contributed by atoms with van der Waals surface area (Å²) < 4.78 is 11.3. The summed E-state index contributed by atoms with van der Waals surface area (Å²) in [7, 11) is 1.71. The van der Waals surface area contributed by atoms with Crippen LogP contribution in [0.4, 0.5) is 5.69 Å². The molecule has 0 unspecified atom stereocenters. The zero-order valence-electron chi connectivity index (χ0n) is 20.2. The number of allylic oxidation sites excluding steroid dienone is 1. The van der Waals surface area contributed by atoms with Gasteiger partial charge in [0, 0.05) is 65.2 Å². The summed E-state index contributed by atoms with van der Waals surface area (Å²) >= 11 is 6.43. The van der Waals surface area contributed by atoms with Gasteiger partial charge in [0.05, 0.1) is 17.6 Å². The third-order valence-electron chi connectivity index (χ3n) is 7.98. The van der Waals surface area contributed by atoms with Crippen LogP contribution in [0.15, 0.2) is 59.5 Å². The highest BCUT2D eigenvalue weighted by molar-refractivity contribution is 6.33. The maximum absolute atomic E-state index is 6.43. The molecule has 2 saturated carbocycles. The molecule has 6 nitrogen and oxygen atoms in total. The number of ether oxygens (including phenoxy) is 1. The number of hydrogen-bond donors (Lipinski definition) is 0. The van der Waals surface area contributed by atoms with E-state index in [2.05, 4.69) is 50.4 Å². The van der Waals surface area contributed by atoms with Gasteiger partial charge in [0.2, 0.25) is 0 Å². The van der Waals surface area contributed by atoms with Crippen LogP contribution in [0.25, 0.3) is 28.2 Å². The fourth-order valence-corrected chi connectivity index (χ4v) is 6.19. The third kappa shape index (κ3) is 3.66. The van der Waals surface area contributed by atoms with Crippen LogP contribution >= 0.6 is 11.6 Å². The molecule has 3 aliphatic rings. The van der Waals surface area contributed by atoms with Crippen molar-refractivity contribution in [3.63, 3.8) is 0 Å². The van der Waals surface area contributed by atoms with Crippen molar-refractivity contribution in [1.82, 2.24) is 15.1 Å².